The summed E-state index contributed by atoms with van der Waals surface area (Å²) < 4.78 is 0. The molecule has 2 saturated heterocycles. The number of hydrogen-bond acceptors (Lipinski definition) is 6. The highest BCUT2D eigenvalue weighted by Gasteiger charge is 2.35. The molecule has 198 valence electrons. The van der Waals surface area contributed by atoms with E-state index in [1.54, 1.807) is 0 Å². The van der Waals surface area contributed by atoms with Crippen LogP contribution in [-0.4, -0.2) is 47.1 Å². The first kappa shape index (κ1) is 26.0. The third kappa shape index (κ3) is 5.21. The topological polar surface area (TPSA) is 82.1 Å². The third-order valence-electron chi connectivity index (χ3n) is 8.99. The fraction of sp³-hybridized carbons (Fsp3) is 0.645. The first-order valence-corrected chi connectivity index (χ1v) is 14.7. The maximum Gasteiger partial charge on any atom is 0.135 e. The summed E-state index contributed by atoms with van der Waals surface area (Å²) in [5.41, 5.74) is 12.6. The highest BCUT2D eigenvalue weighted by atomic mass is 15.3. The number of nitrogen functional groups attached to an aromatic ring is 1. The van der Waals surface area contributed by atoms with Crippen LogP contribution in [0.25, 0.3) is 0 Å². The number of nitrogens with zero attached hydrogens (tertiary/aromatic N) is 5. The van der Waals surface area contributed by atoms with Crippen molar-refractivity contribution >= 4 is 11.5 Å². The normalized spacial score (nSPS) is 22.7. The molecule has 2 aromatic rings. The number of nitriles is 1. The van der Waals surface area contributed by atoms with E-state index in [0.717, 1.165) is 63.9 Å². The fourth-order valence-electron chi connectivity index (χ4n) is 6.86. The Morgan fingerprint density at radius 1 is 1.05 bits per heavy atom. The molecule has 0 bridgehead atoms. The lowest BCUT2D eigenvalue weighted by Crippen LogP contribution is -2.61. The van der Waals surface area contributed by atoms with E-state index in [0.29, 0.717) is 23.2 Å². The smallest absolute Gasteiger partial charge is 0.135 e. The van der Waals surface area contributed by atoms with Gasteiger partial charge in [-0.15, -0.1) is 0 Å². The van der Waals surface area contributed by atoms with E-state index in [2.05, 4.69) is 42.7 Å². The molecule has 6 nitrogen and oxygen atoms in total. The predicted octanol–water partition coefficient (Wildman–Crippen LogP) is 5.73. The van der Waals surface area contributed by atoms with Crippen molar-refractivity contribution in [3.8, 4) is 6.07 Å². The lowest BCUT2D eigenvalue weighted by atomic mass is 9.82. The number of piperidine rings is 1. The third-order valence-corrected chi connectivity index (χ3v) is 8.99. The second kappa shape index (κ2) is 11.4. The zero-order chi connectivity index (χ0) is 25.9. The second-order valence-electron chi connectivity index (χ2n) is 11.5. The van der Waals surface area contributed by atoms with E-state index < -0.39 is 0 Å². The Labute approximate surface area is 223 Å². The highest BCUT2D eigenvalue weighted by Crippen LogP contribution is 2.42. The first-order chi connectivity index (χ1) is 18.0. The van der Waals surface area contributed by atoms with Gasteiger partial charge in [0.2, 0.25) is 0 Å². The van der Waals surface area contributed by atoms with E-state index >= 15 is 0 Å². The monoisotopic (exact) mass is 500 g/mol. The molecule has 2 atom stereocenters. The number of rotatable bonds is 7. The predicted molar refractivity (Wildman–Crippen MR) is 151 cm³/mol. The average molecular weight is 501 g/mol. The van der Waals surface area contributed by atoms with Crippen LogP contribution in [0.4, 0.5) is 11.5 Å². The largest absolute Gasteiger partial charge is 0.398 e. The Morgan fingerprint density at radius 2 is 1.84 bits per heavy atom. The van der Waals surface area contributed by atoms with E-state index in [1.165, 1.54) is 60.6 Å². The number of benzene rings is 1. The van der Waals surface area contributed by atoms with Crippen LogP contribution in [0.1, 0.15) is 111 Å². The summed E-state index contributed by atoms with van der Waals surface area (Å²) in [6.07, 6.45) is 11.2. The number of fused-ring (bicyclic) bond motifs is 1. The van der Waals surface area contributed by atoms with Crippen LogP contribution in [0.5, 0.6) is 0 Å². The van der Waals surface area contributed by atoms with Gasteiger partial charge in [-0.25, -0.2) is 9.97 Å². The highest BCUT2D eigenvalue weighted by molar-refractivity contribution is 5.62. The van der Waals surface area contributed by atoms with Gasteiger partial charge in [0.05, 0.1) is 11.3 Å². The van der Waals surface area contributed by atoms with Crippen molar-refractivity contribution in [2.45, 2.75) is 103 Å². The molecule has 3 heterocycles. The second-order valence-corrected chi connectivity index (χ2v) is 11.5. The van der Waals surface area contributed by atoms with E-state index in [4.69, 9.17) is 15.7 Å². The van der Waals surface area contributed by atoms with Gasteiger partial charge < -0.3 is 10.6 Å². The van der Waals surface area contributed by atoms with Crippen LogP contribution in [0.3, 0.4) is 0 Å². The van der Waals surface area contributed by atoms with Crippen molar-refractivity contribution < 1.29 is 0 Å². The standard InChI is InChI=1S/C31H44N6/c1-4-10-25-28(17-22-12-9-11-21(3)24-13-14-27(33)26(18-32)30(22)24)34-29(5-2)35-31(25)37-19-23(20-37)36-15-7-6-8-16-36/h13-14,21-23H,4-12,15-17,19-20,33H2,1-3H3/t21-,22?/m0/s1. The Morgan fingerprint density at radius 3 is 2.54 bits per heavy atom. The molecule has 0 amide bonds. The lowest BCUT2D eigenvalue weighted by Gasteiger charge is -2.48. The lowest BCUT2D eigenvalue weighted by molar-refractivity contribution is 0.138. The summed E-state index contributed by atoms with van der Waals surface area (Å²) in [7, 11) is 0. The molecule has 2 aliphatic heterocycles. The summed E-state index contributed by atoms with van der Waals surface area (Å²) in [5.74, 6) is 2.83. The summed E-state index contributed by atoms with van der Waals surface area (Å²) in [6.45, 7) is 11.4. The SMILES string of the molecule is CCCc1c(CC2CCC[C@H](C)c3ccc(N)c(C#N)c32)nc(CC)nc1N1CC(N2CCCCC2)C1. The number of likely N-dealkylation sites (tertiary alicyclic amines) is 1. The molecule has 6 heteroatoms. The molecule has 2 fully saturated rings. The maximum atomic E-state index is 10.1. The summed E-state index contributed by atoms with van der Waals surface area (Å²) in [6, 6.07) is 7.23. The average Bonchev–Trinajstić information content (AvgIpc) is 3.03. The van der Waals surface area contributed by atoms with Gasteiger partial charge in [0.25, 0.3) is 0 Å². The molecule has 1 aromatic heterocycles. The molecule has 0 radical (unpaired) electrons. The van der Waals surface area contributed by atoms with Crippen molar-refractivity contribution in [1.82, 2.24) is 14.9 Å². The quantitative estimate of drug-likeness (QED) is 0.386. The van der Waals surface area contributed by atoms with Crippen LogP contribution in [0.15, 0.2) is 12.1 Å². The molecular weight excluding hydrogens is 456 g/mol. The number of anilines is 2. The molecule has 1 unspecified atom stereocenters. The number of nitrogens with two attached hydrogens (primary N) is 1. The summed E-state index contributed by atoms with van der Waals surface area (Å²) in [5, 5.41) is 10.1. The Kier molecular flexibility index (Phi) is 8.00. The van der Waals surface area contributed by atoms with Gasteiger partial charge in [-0.2, -0.15) is 5.26 Å². The minimum atomic E-state index is 0.263. The van der Waals surface area contributed by atoms with Gasteiger partial charge in [-0.1, -0.05) is 46.1 Å². The number of aryl methyl sites for hydroxylation is 1. The van der Waals surface area contributed by atoms with Gasteiger partial charge in [0, 0.05) is 36.8 Å². The Balaban J connectivity index is 1.49. The van der Waals surface area contributed by atoms with Gasteiger partial charge in [-0.3, -0.25) is 4.90 Å². The Bertz CT molecular complexity index is 1140. The van der Waals surface area contributed by atoms with Crippen LogP contribution in [-0.2, 0) is 19.3 Å². The van der Waals surface area contributed by atoms with Crippen molar-refractivity contribution in [3.63, 3.8) is 0 Å². The molecule has 1 aliphatic carbocycles. The minimum Gasteiger partial charge on any atom is -0.398 e. The van der Waals surface area contributed by atoms with Gasteiger partial charge in [0.1, 0.15) is 17.7 Å². The summed E-state index contributed by atoms with van der Waals surface area (Å²) >= 11 is 0. The molecule has 2 N–H and O–H groups in total. The molecule has 1 aromatic carbocycles. The van der Waals surface area contributed by atoms with Crippen LogP contribution >= 0.6 is 0 Å². The molecule has 0 spiro atoms. The van der Waals surface area contributed by atoms with Gasteiger partial charge in [0.15, 0.2) is 0 Å². The van der Waals surface area contributed by atoms with E-state index in [9.17, 15) is 5.26 Å². The van der Waals surface area contributed by atoms with Crippen molar-refractivity contribution in [3.05, 3.63) is 45.9 Å². The number of hydrogen-bond donors (Lipinski definition) is 1. The van der Waals surface area contributed by atoms with Gasteiger partial charge in [-0.05, 0) is 80.6 Å². The van der Waals surface area contributed by atoms with Crippen molar-refractivity contribution in [1.29, 1.82) is 5.26 Å². The van der Waals surface area contributed by atoms with Gasteiger partial charge >= 0.3 is 0 Å². The van der Waals surface area contributed by atoms with E-state index in [1.807, 2.05) is 6.07 Å². The zero-order valence-corrected chi connectivity index (χ0v) is 23.1. The molecule has 0 saturated carbocycles. The Hall–Kier alpha value is -2.65. The first-order valence-electron chi connectivity index (χ1n) is 14.7. The van der Waals surface area contributed by atoms with Crippen LogP contribution in [0, 0.1) is 11.3 Å². The maximum absolute atomic E-state index is 10.1. The number of aromatic nitrogens is 2. The van der Waals surface area contributed by atoms with Crippen LogP contribution < -0.4 is 10.6 Å². The summed E-state index contributed by atoms with van der Waals surface area (Å²) in [4.78, 5) is 15.5. The zero-order valence-electron chi connectivity index (χ0n) is 23.1. The van der Waals surface area contributed by atoms with Crippen molar-refractivity contribution in [2.75, 3.05) is 36.8 Å². The van der Waals surface area contributed by atoms with Crippen LogP contribution in [0.2, 0.25) is 0 Å². The van der Waals surface area contributed by atoms with E-state index in [-0.39, 0.29) is 5.92 Å². The molecule has 37 heavy (non-hydrogen) atoms. The molecule has 3 aliphatic rings. The van der Waals surface area contributed by atoms with Crippen molar-refractivity contribution in [2.24, 2.45) is 0 Å². The molecule has 5 rings (SSSR count). The molecular formula is C31H44N6. The minimum absolute atomic E-state index is 0.263. The fourth-order valence-corrected chi connectivity index (χ4v) is 6.86.